The van der Waals surface area contributed by atoms with Gasteiger partial charge in [0.1, 0.15) is 0 Å². The van der Waals surface area contributed by atoms with Gasteiger partial charge in [0.05, 0.1) is 0 Å². The van der Waals surface area contributed by atoms with Crippen LogP contribution in [-0.4, -0.2) is 20.5 Å². The third kappa shape index (κ3) is 5.97. The largest absolute Gasteiger partial charge is 0.277 e. The monoisotopic (exact) mass is 218 g/mol. The molecular weight excluding hydrogens is 200 g/mol. The molecule has 0 aliphatic carbocycles. The zero-order valence-corrected chi connectivity index (χ0v) is 9.69. The van der Waals surface area contributed by atoms with E-state index in [-0.39, 0.29) is 12.1 Å². The van der Waals surface area contributed by atoms with Gasteiger partial charge in [0, 0.05) is 18.5 Å². The molecule has 0 saturated carbocycles. The molecule has 0 heterocycles. The molecule has 5 heteroatoms. The summed E-state index contributed by atoms with van der Waals surface area (Å²) in [5, 5.41) is 0. The average molecular weight is 218 g/mol. The zero-order chi connectivity index (χ0) is 11.2. The molecule has 0 rings (SSSR count). The summed E-state index contributed by atoms with van der Waals surface area (Å²) in [6.45, 7) is 5.42. The van der Waals surface area contributed by atoms with E-state index in [1.54, 1.807) is 13.8 Å². The van der Waals surface area contributed by atoms with Crippen LogP contribution in [0.1, 0.15) is 33.6 Å². The number of hydrogen-bond acceptors (Lipinski definition) is 2. The molecule has 2 N–H and O–H groups in total. The summed E-state index contributed by atoms with van der Waals surface area (Å²) in [7, 11) is -3.41. The molecule has 82 valence electrons. The lowest BCUT2D eigenvalue weighted by molar-refractivity contribution is 0.523. The van der Waals surface area contributed by atoms with Crippen LogP contribution in [0.3, 0.4) is 0 Å². The maximum atomic E-state index is 11.4. The summed E-state index contributed by atoms with van der Waals surface area (Å²) in [5.41, 5.74) is 0. The lowest BCUT2D eigenvalue weighted by atomic mass is 10.2. The predicted octanol–water partition coefficient (Wildman–Crippen LogP) is 0.621. The Morgan fingerprint density at radius 2 is 1.93 bits per heavy atom. The SMILES string of the molecule is C#CCC(CC)NS(=O)(=O)NC(C)C. The molecule has 4 nitrogen and oxygen atoms in total. The van der Waals surface area contributed by atoms with Gasteiger partial charge in [-0.15, -0.1) is 12.3 Å². The highest BCUT2D eigenvalue weighted by Gasteiger charge is 2.15. The minimum Gasteiger partial charge on any atom is -0.200 e. The van der Waals surface area contributed by atoms with Crippen molar-refractivity contribution in [3.05, 3.63) is 0 Å². The summed E-state index contributed by atoms with van der Waals surface area (Å²) in [5.74, 6) is 2.44. The second-order valence-corrected chi connectivity index (χ2v) is 4.89. The van der Waals surface area contributed by atoms with E-state index in [0.29, 0.717) is 12.8 Å². The molecule has 0 amide bonds. The van der Waals surface area contributed by atoms with Crippen LogP contribution >= 0.6 is 0 Å². The Balaban J connectivity index is 4.27. The smallest absolute Gasteiger partial charge is 0.200 e. The summed E-state index contributed by atoms with van der Waals surface area (Å²) >= 11 is 0. The third-order valence-electron chi connectivity index (χ3n) is 1.57. The van der Waals surface area contributed by atoms with Crippen LogP contribution in [0.25, 0.3) is 0 Å². The second kappa shape index (κ2) is 6.02. The highest BCUT2D eigenvalue weighted by molar-refractivity contribution is 7.87. The molecule has 0 spiro atoms. The molecule has 1 atom stereocenters. The van der Waals surface area contributed by atoms with Crippen molar-refractivity contribution in [2.45, 2.75) is 45.7 Å². The molecule has 0 aliphatic rings. The average Bonchev–Trinajstić information content (AvgIpc) is 2.00. The van der Waals surface area contributed by atoms with Crippen molar-refractivity contribution in [3.63, 3.8) is 0 Å². The van der Waals surface area contributed by atoms with Crippen LogP contribution in [0.2, 0.25) is 0 Å². The van der Waals surface area contributed by atoms with Gasteiger partial charge < -0.3 is 0 Å². The summed E-state index contributed by atoms with van der Waals surface area (Å²) in [6.07, 6.45) is 6.22. The van der Waals surface area contributed by atoms with E-state index in [1.807, 2.05) is 6.92 Å². The Morgan fingerprint density at radius 3 is 2.29 bits per heavy atom. The van der Waals surface area contributed by atoms with Crippen molar-refractivity contribution in [1.82, 2.24) is 9.44 Å². The fourth-order valence-electron chi connectivity index (χ4n) is 0.975. The van der Waals surface area contributed by atoms with Gasteiger partial charge in [-0.1, -0.05) is 6.92 Å². The minimum atomic E-state index is -3.41. The van der Waals surface area contributed by atoms with Gasteiger partial charge in [-0.05, 0) is 20.3 Å². The van der Waals surface area contributed by atoms with Crippen molar-refractivity contribution in [2.75, 3.05) is 0 Å². The number of terminal acetylenes is 1. The number of hydrogen-bond donors (Lipinski definition) is 2. The fourth-order valence-corrected chi connectivity index (χ4v) is 2.35. The Kier molecular flexibility index (Phi) is 5.77. The van der Waals surface area contributed by atoms with E-state index in [2.05, 4.69) is 15.4 Å². The summed E-state index contributed by atoms with van der Waals surface area (Å²) in [4.78, 5) is 0. The standard InChI is InChI=1S/C9H18N2O2S/c1-5-7-9(6-2)11-14(12,13)10-8(3)4/h1,8-11H,6-7H2,2-4H3. The maximum Gasteiger partial charge on any atom is 0.277 e. The van der Waals surface area contributed by atoms with E-state index in [1.165, 1.54) is 0 Å². The first-order chi connectivity index (χ1) is 6.41. The Bertz CT molecular complexity index is 290. The van der Waals surface area contributed by atoms with Crippen molar-refractivity contribution < 1.29 is 8.42 Å². The second-order valence-electron chi connectivity index (χ2n) is 3.41. The molecule has 0 aromatic heterocycles. The van der Waals surface area contributed by atoms with E-state index in [9.17, 15) is 8.42 Å². The van der Waals surface area contributed by atoms with Crippen LogP contribution in [0.5, 0.6) is 0 Å². The van der Waals surface area contributed by atoms with Gasteiger partial charge in [0.25, 0.3) is 10.2 Å². The Morgan fingerprint density at radius 1 is 1.36 bits per heavy atom. The van der Waals surface area contributed by atoms with Crippen molar-refractivity contribution >= 4 is 10.2 Å². The first-order valence-electron chi connectivity index (χ1n) is 4.64. The predicted molar refractivity (Wildman–Crippen MR) is 57.9 cm³/mol. The van der Waals surface area contributed by atoms with E-state index in [4.69, 9.17) is 6.42 Å². The highest BCUT2D eigenvalue weighted by Crippen LogP contribution is 1.98. The van der Waals surface area contributed by atoms with Crippen molar-refractivity contribution in [2.24, 2.45) is 0 Å². The number of nitrogens with one attached hydrogen (secondary N) is 2. The normalized spacial score (nSPS) is 13.9. The molecule has 0 saturated heterocycles. The quantitative estimate of drug-likeness (QED) is 0.642. The summed E-state index contributed by atoms with van der Waals surface area (Å²) < 4.78 is 27.7. The highest BCUT2D eigenvalue weighted by atomic mass is 32.2. The lowest BCUT2D eigenvalue weighted by Gasteiger charge is -2.16. The molecule has 0 fully saturated rings. The maximum absolute atomic E-state index is 11.4. The molecule has 1 unspecified atom stereocenters. The molecule has 0 radical (unpaired) electrons. The molecule has 0 aromatic carbocycles. The molecule has 0 aliphatic heterocycles. The van der Waals surface area contributed by atoms with E-state index >= 15 is 0 Å². The van der Waals surface area contributed by atoms with Crippen LogP contribution in [0, 0.1) is 12.3 Å². The summed E-state index contributed by atoms with van der Waals surface area (Å²) in [6, 6.07) is -0.299. The van der Waals surface area contributed by atoms with Gasteiger partial charge in [0.2, 0.25) is 0 Å². The van der Waals surface area contributed by atoms with Crippen LogP contribution in [0.15, 0.2) is 0 Å². The fraction of sp³-hybridized carbons (Fsp3) is 0.778. The van der Waals surface area contributed by atoms with Crippen LogP contribution < -0.4 is 9.44 Å². The van der Waals surface area contributed by atoms with E-state index in [0.717, 1.165) is 0 Å². The van der Waals surface area contributed by atoms with Gasteiger partial charge in [-0.2, -0.15) is 17.9 Å². The van der Waals surface area contributed by atoms with Gasteiger partial charge in [0.15, 0.2) is 0 Å². The van der Waals surface area contributed by atoms with Crippen molar-refractivity contribution in [1.29, 1.82) is 0 Å². The molecule has 0 bridgehead atoms. The third-order valence-corrected chi connectivity index (χ3v) is 3.00. The Labute approximate surface area is 86.7 Å². The lowest BCUT2D eigenvalue weighted by Crippen LogP contribution is -2.44. The van der Waals surface area contributed by atoms with Crippen LogP contribution in [0.4, 0.5) is 0 Å². The van der Waals surface area contributed by atoms with Gasteiger partial charge >= 0.3 is 0 Å². The molecule has 14 heavy (non-hydrogen) atoms. The first kappa shape index (κ1) is 13.4. The minimum absolute atomic E-state index is 0.115. The molecule has 0 aromatic rings. The van der Waals surface area contributed by atoms with Crippen LogP contribution in [-0.2, 0) is 10.2 Å². The number of rotatable bonds is 6. The molecular formula is C9H18N2O2S. The topological polar surface area (TPSA) is 58.2 Å². The van der Waals surface area contributed by atoms with Crippen molar-refractivity contribution in [3.8, 4) is 12.3 Å². The zero-order valence-electron chi connectivity index (χ0n) is 8.87. The van der Waals surface area contributed by atoms with Gasteiger partial charge in [-0.3, -0.25) is 0 Å². The Hall–Kier alpha value is -0.570. The van der Waals surface area contributed by atoms with E-state index < -0.39 is 10.2 Å². The van der Waals surface area contributed by atoms with Gasteiger partial charge in [-0.25, -0.2) is 0 Å². The first-order valence-corrected chi connectivity index (χ1v) is 6.12.